The minimum atomic E-state index is -0.442. The van der Waals surface area contributed by atoms with Gasteiger partial charge in [0.15, 0.2) is 0 Å². The van der Waals surface area contributed by atoms with E-state index in [9.17, 15) is 4.79 Å². The van der Waals surface area contributed by atoms with Crippen LogP contribution in [0.2, 0.25) is 0 Å². The molecule has 6 nitrogen and oxygen atoms in total. The van der Waals surface area contributed by atoms with E-state index in [1.54, 1.807) is 6.20 Å². The third kappa shape index (κ3) is 4.39. The molecule has 2 heterocycles. The van der Waals surface area contributed by atoms with Gasteiger partial charge in [-0.3, -0.25) is 4.57 Å². The molecule has 138 valence electrons. The number of aliphatic hydroxyl groups is 1. The molecule has 0 aliphatic heterocycles. The molecule has 0 saturated heterocycles. The highest BCUT2D eigenvalue weighted by Crippen LogP contribution is 2.26. The van der Waals surface area contributed by atoms with Crippen LogP contribution in [0.5, 0.6) is 0 Å². The third-order valence-electron chi connectivity index (χ3n) is 4.25. The zero-order valence-electron chi connectivity index (χ0n) is 15.0. The van der Waals surface area contributed by atoms with Crippen LogP contribution in [0.25, 0.3) is 22.4 Å². The van der Waals surface area contributed by atoms with Gasteiger partial charge >= 0.3 is 5.69 Å². The molecule has 3 aromatic rings. The molecule has 3 rings (SSSR count). The standard InChI is InChI=1S/C20H24N2O4/c1-2-3-4-5-15-6-8-16(9-7-15)18-12-17-13-22(14-25-11-10-23)20(24)21-19(17)26-18/h6-9,12-13,23H,2-5,10-11,14H2,1H3. The van der Waals surface area contributed by atoms with Crippen LogP contribution in [0, 0.1) is 0 Å². The van der Waals surface area contributed by atoms with Crippen LogP contribution in [-0.4, -0.2) is 27.9 Å². The molecule has 0 fully saturated rings. The number of rotatable bonds is 9. The van der Waals surface area contributed by atoms with E-state index < -0.39 is 5.69 Å². The van der Waals surface area contributed by atoms with Crippen molar-refractivity contribution in [3.8, 4) is 11.3 Å². The first-order valence-electron chi connectivity index (χ1n) is 9.00. The number of hydrogen-bond acceptors (Lipinski definition) is 5. The van der Waals surface area contributed by atoms with Gasteiger partial charge in [0, 0.05) is 11.8 Å². The SMILES string of the molecule is CCCCCc1ccc(-c2cc3cn(COCCO)c(=O)nc3o2)cc1. The summed E-state index contributed by atoms with van der Waals surface area (Å²) < 4.78 is 12.3. The summed E-state index contributed by atoms with van der Waals surface area (Å²) in [6.07, 6.45) is 6.42. The molecule has 0 atom stereocenters. The van der Waals surface area contributed by atoms with Gasteiger partial charge in [-0.2, -0.15) is 4.98 Å². The molecule has 0 spiro atoms. The van der Waals surface area contributed by atoms with E-state index in [1.807, 2.05) is 18.2 Å². The molecular weight excluding hydrogens is 332 g/mol. The van der Waals surface area contributed by atoms with Crippen LogP contribution in [0.15, 0.2) is 45.7 Å². The van der Waals surface area contributed by atoms with Crippen LogP contribution in [0.1, 0.15) is 31.7 Å². The Morgan fingerprint density at radius 1 is 1.23 bits per heavy atom. The molecule has 1 N–H and O–H groups in total. The molecule has 0 bridgehead atoms. The number of nitrogens with zero attached hydrogens (tertiary/aromatic N) is 2. The average molecular weight is 356 g/mol. The molecule has 0 aliphatic rings. The lowest BCUT2D eigenvalue weighted by Gasteiger charge is -2.04. The van der Waals surface area contributed by atoms with Gasteiger partial charge in [0.05, 0.1) is 18.6 Å². The molecule has 0 amide bonds. The van der Waals surface area contributed by atoms with E-state index in [4.69, 9.17) is 14.3 Å². The summed E-state index contributed by atoms with van der Waals surface area (Å²) in [7, 11) is 0. The number of aliphatic hydroxyl groups excluding tert-OH is 1. The third-order valence-corrected chi connectivity index (χ3v) is 4.25. The second-order valence-electron chi connectivity index (χ2n) is 6.28. The molecule has 1 aromatic carbocycles. The lowest BCUT2D eigenvalue weighted by atomic mass is 10.0. The summed E-state index contributed by atoms with van der Waals surface area (Å²) in [6, 6.07) is 10.2. The quantitative estimate of drug-likeness (QED) is 0.595. The number of furan rings is 1. The summed E-state index contributed by atoms with van der Waals surface area (Å²) in [5.74, 6) is 0.682. The van der Waals surface area contributed by atoms with Crippen molar-refractivity contribution in [2.75, 3.05) is 13.2 Å². The zero-order valence-corrected chi connectivity index (χ0v) is 15.0. The van der Waals surface area contributed by atoms with Crippen LogP contribution >= 0.6 is 0 Å². The first kappa shape index (κ1) is 18.4. The minimum absolute atomic E-state index is 0.0509. The second kappa shape index (κ2) is 8.78. The van der Waals surface area contributed by atoms with Crippen molar-refractivity contribution in [3.63, 3.8) is 0 Å². The Kier molecular flexibility index (Phi) is 6.20. The summed E-state index contributed by atoms with van der Waals surface area (Å²) in [4.78, 5) is 16.0. The van der Waals surface area contributed by atoms with Crippen molar-refractivity contribution in [2.45, 2.75) is 39.3 Å². The van der Waals surface area contributed by atoms with Crippen LogP contribution in [0.3, 0.4) is 0 Å². The van der Waals surface area contributed by atoms with Crippen LogP contribution in [0.4, 0.5) is 0 Å². The lowest BCUT2D eigenvalue weighted by molar-refractivity contribution is 0.0460. The fourth-order valence-electron chi connectivity index (χ4n) is 2.83. The van der Waals surface area contributed by atoms with E-state index in [0.29, 0.717) is 11.5 Å². The summed E-state index contributed by atoms with van der Waals surface area (Å²) in [5, 5.41) is 9.49. The van der Waals surface area contributed by atoms with Gasteiger partial charge in [0.2, 0.25) is 5.71 Å². The molecule has 0 radical (unpaired) electrons. The van der Waals surface area contributed by atoms with E-state index in [-0.39, 0.29) is 19.9 Å². The Balaban J connectivity index is 1.79. The first-order valence-corrected chi connectivity index (χ1v) is 9.00. The maximum absolute atomic E-state index is 12.0. The summed E-state index contributed by atoms with van der Waals surface area (Å²) in [5.41, 5.74) is 2.15. The van der Waals surface area contributed by atoms with E-state index in [0.717, 1.165) is 17.4 Å². The van der Waals surface area contributed by atoms with Gasteiger partial charge in [-0.05, 0) is 24.5 Å². The number of hydrogen-bond donors (Lipinski definition) is 1. The highest BCUT2D eigenvalue weighted by atomic mass is 16.5. The van der Waals surface area contributed by atoms with Crippen molar-refractivity contribution in [3.05, 3.63) is 52.6 Å². The summed E-state index contributed by atoms with van der Waals surface area (Å²) in [6.45, 7) is 2.34. The lowest BCUT2D eigenvalue weighted by Crippen LogP contribution is -2.23. The van der Waals surface area contributed by atoms with Crippen LogP contribution in [-0.2, 0) is 17.9 Å². The number of aryl methyl sites for hydroxylation is 1. The topological polar surface area (TPSA) is 77.5 Å². The molecule has 2 aromatic heterocycles. The minimum Gasteiger partial charge on any atom is -0.437 e. The highest BCUT2D eigenvalue weighted by molar-refractivity contribution is 5.79. The normalized spacial score (nSPS) is 11.3. The Bertz CT molecular complexity index is 896. The van der Waals surface area contributed by atoms with Crippen molar-refractivity contribution < 1.29 is 14.3 Å². The average Bonchev–Trinajstić information content (AvgIpc) is 3.05. The second-order valence-corrected chi connectivity index (χ2v) is 6.28. The van der Waals surface area contributed by atoms with E-state index in [2.05, 4.69) is 24.0 Å². The molecule has 0 saturated carbocycles. The van der Waals surface area contributed by atoms with Crippen molar-refractivity contribution in [1.29, 1.82) is 0 Å². The van der Waals surface area contributed by atoms with Crippen molar-refractivity contribution >= 4 is 11.1 Å². The van der Waals surface area contributed by atoms with Crippen molar-refractivity contribution in [2.24, 2.45) is 0 Å². The van der Waals surface area contributed by atoms with Gasteiger partial charge in [-0.25, -0.2) is 4.79 Å². The molecule has 0 unspecified atom stereocenters. The monoisotopic (exact) mass is 356 g/mol. The van der Waals surface area contributed by atoms with Gasteiger partial charge in [-0.1, -0.05) is 44.0 Å². The van der Waals surface area contributed by atoms with Gasteiger partial charge in [0.25, 0.3) is 0 Å². The van der Waals surface area contributed by atoms with E-state index >= 15 is 0 Å². The van der Waals surface area contributed by atoms with E-state index in [1.165, 1.54) is 29.4 Å². The summed E-state index contributed by atoms with van der Waals surface area (Å²) >= 11 is 0. The molecular formula is C20H24N2O4. The van der Waals surface area contributed by atoms with Crippen LogP contribution < -0.4 is 5.69 Å². The smallest absolute Gasteiger partial charge is 0.352 e. The Hall–Kier alpha value is -2.44. The Labute approximate surface area is 152 Å². The molecule has 26 heavy (non-hydrogen) atoms. The number of benzene rings is 1. The molecule has 6 heteroatoms. The largest absolute Gasteiger partial charge is 0.437 e. The fraction of sp³-hybridized carbons (Fsp3) is 0.400. The maximum Gasteiger partial charge on any atom is 0.352 e. The molecule has 0 aliphatic carbocycles. The number of aromatic nitrogens is 2. The Morgan fingerprint density at radius 3 is 2.77 bits per heavy atom. The number of fused-ring (bicyclic) bond motifs is 1. The van der Waals surface area contributed by atoms with Gasteiger partial charge in [0.1, 0.15) is 12.5 Å². The van der Waals surface area contributed by atoms with Gasteiger partial charge in [-0.15, -0.1) is 0 Å². The first-order chi connectivity index (χ1) is 12.7. The predicted octanol–water partition coefficient (Wildman–Crippen LogP) is 3.36. The number of ether oxygens (including phenoxy) is 1. The zero-order chi connectivity index (χ0) is 18.4. The fourth-order valence-corrected chi connectivity index (χ4v) is 2.83. The predicted molar refractivity (Wildman–Crippen MR) is 100.0 cm³/mol. The highest BCUT2D eigenvalue weighted by Gasteiger charge is 2.10. The maximum atomic E-state index is 12.0. The van der Waals surface area contributed by atoms with Gasteiger partial charge < -0.3 is 14.3 Å². The number of unbranched alkanes of at least 4 members (excludes halogenated alkanes) is 2. The Morgan fingerprint density at radius 2 is 2.04 bits per heavy atom. The van der Waals surface area contributed by atoms with Crippen molar-refractivity contribution in [1.82, 2.24) is 9.55 Å².